The first-order valence-electron chi connectivity index (χ1n) is 5.06. The molecule has 0 aliphatic heterocycles. The molecule has 1 atom stereocenters. The second-order valence-corrected chi connectivity index (χ2v) is 4.31. The zero-order chi connectivity index (χ0) is 9.73. The van der Waals surface area contributed by atoms with Crippen LogP contribution in [0.1, 0.15) is 26.2 Å². The second kappa shape index (κ2) is 4.94. The number of methoxy groups -OCH3 is 1. The van der Waals surface area contributed by atoms with Gasteiger partial charge in [-0.1, -0.05) is 12.8 Å². The van der Waals surface area contributed by atoms with E-state index in [1.807, 2.05) is 6.92 Å². The molecule has 0 radical (unpaired) electrons. The topological polar surface area (TPSA) is 41.5 Å². The lowest BCUT2D eigenvalue weighted by molar-refractivity contribution is 0.0435. The summed E-state index contributed by atoms with van der Waals surface area (Å²) in [5.41, 5.74) is -0.533. The number of nitrogens with one attached hydrogen (secondary N) is 1. The lowest BCUT2D eigenvalue weighted by Crippen LogP contribution is -2.39. The molecule has 0 heterocycles. The molecule has 1 aliphatic carbocycles. The van der Waals surface area contributed by atoms with E-state index in [2.05, 4.69) is 5.32 Å². The van der Waals surface area contributed by atoms with Gasteiger partial charge in [-0.05, 0) is 19.3 Å². The third kappa shape index (κ3) is 5.24. The minimum absolute atomic E-state index is 0.533. The van der Waals surface area contributed by atoms with Crippen LogP contribution >= 0.6 is 0 Å². The summed E-state index contributed by atoms with van der Waals surface area (Å²) in [6, 6.07) is 0. The normalized spacial score (nSPS) is 21.5. The monoisotopic (exact) mass is 187 g/mol. The Morgan fingerprint density at radius 1 is 1.54 bits per heavy atom. The van der Waals surface area contributed by atoms with Crippen LogP contribution < -0.4 is 5.32 Å². The molecule has 1 rings (SSSR count). The summed E-state index contributed by atoms with van der Waals surface area (Å²) < 4.78 is 4.91. The maximum absolute atomic E-state index is 9.92. The Bertz CT molecular complexity index is 144. The standard InChI is InChI=1S/C10H21NO2/c1-10(12,7-9-3-4-9)8-11-5-6-13-2/h9,11-12H,3-8H2,1-2H3. The highest BCUT2D eigenvalue weighted by Gasteiger charge is 2.31. The first-order chi connectivity index (χ1) is 6.14. The van der Waals surface area contributed by atoms with Crippen LogP contribution in [0.4, 0.5) is 0 Å². The fourth-order valence-electron chi connectivity index (χ4n) is 1.55. The van der Waals surface area contributed by atoms with Crippen molar-refractivity contribution < 1.29 is 9.84 Å². The summed E-state index contributed by atoms with van der Waals surface area (Å²) >= 11 is 0. The summed E-state index contributed by atoms with van der Waals surface area (Å²) in [4.78, 5) is 0. The number of aliphatic hydroxyl groups is 1. The smallest absolute Gasteiger partial charge is 0.0746 e. The average molecular weight is 187 g/mol. The van der Waals surface area contributed by atoms with Crippen LogP contribution in [-0.4, -0.2) is 37.5 Å². The summed E-state index contributed by atoms with van der Waals surface area (Å²) in [6.07, 6.45) is 3.54. The molecule has 0 amide bonds. The molecule has 1 fully saturated rings. The van der Waals surface area contributed by atoms with Crippen LogP contribution in [0.15, 0.2) is 0 Å². The lowest BCUT2D eigenvalue weighted by Gasteiger charge is -2.23. The van der Waals surface area contributed by atoms with Crippen molar-refractivity contribution in [3.05, 3.63) is 0 Å². The van der Waals surface area contributed by atoms with E-state index in [1.54, 1.807) is 7.11 Å². The highest BCUT2D eigenvalue weighted by atomic mass is 16.5. The van der Waals surface area contributed by atoms with E-state index < -0.39 is 5.60 Å². The van der Waals surface area contributed by atoms with Crippen molar-refractivity contribution in [3.8, 4) is 0 Å². The SMILES string of the molecule is COCCNCC(C)(O)CC1CC1. The molecule has 13 heavy (non-hydrogen) atoms. The number of hydrogen-bond acceptors (Lipinski definition) is 3. The zero-order valence-corrected chi connectivity index (χ0v) is 8.68. The van der Waals surface area contributed by atoms with Crippen molar-refractivity contribution >= 4 is 0 Å². The largest absolute Gasteiger partial charge is 0.389 e. The molecule has 78 valence electrons. The van der Waals surface area contributed by atoms with Gasteiger partial charge in [-0.15, -0.1) is 0 Å². The molecule has 0 aromatic heterocycles. The number of ether oxygens (including phenoxy) is 1. The molecule has 1 aliphatic rings. The number of rotatable bonds is 7. The fraction of sp³-hybridized carbons (Fsp3) is 1.00. The Kier molecular flexibility index (Phi) is 4.16. The van der Waals surface area contributed by atoms with Crippen LogP contribution in [-0.2, 0) is 4.74 Å². The van der Waals surface area contributed by atoms with Crippen molar-refractivity contribution in [3.63, 3.8) is 0 Å². The van der Waals surface area contributed by atoms with Crippen molar-refractivity contribution in [2.45, 2.75) is 31.8 Å². The predicted octanol–water partition coefficient (Wildman–Crippen LogP) is 0.773. The molecule has 0 spiro atoms. The van der Waals surface area contributed by atoms with Crippen LogP contribution in [0.3, 0.4) is 0 Å². The Morgan fingerprint density at radius 3 is 2.77 bits per heavy atom. The molecule has 0 aromatic carbocycles. The van der Waals surface area contributed by atoms with Crippen LogP contribution in [0.25, 0.3) is 0 Å². The lowest BCUT2D eigenvalue weighted by atomic mass is 9.99. The van der Waals surface area contributed by atoms with Gasteiger partial charge in [0.15, 0.2) is 0 Å². The van der Waals surface area contributed by atoms with Crippen LogP contribution in [0, 0.1) is 5.92 Å². The van der Waals surface area contributed by atoms with Crippen molar-refractivity contribution in [2.24, 2.45) is 5.92 Å². The maximum Gasteiger partial charge on any atom is 0.0746 e. The molecular formula is C10H21NO2. The third-order valence-corrected chi connectivity index (χ3v) is 2.41. The van der Waals surface area contributed by atoms with E-state index in [0.717, 1.165) is 18.9 Å². The van der Waals surface area contributed by atoms with Crippen LogP contribution in [0.5, 0.6) is 0 Å². The summed E-state index contributed by atoms with van der Waals surface area (Å²) in [7, 11) is 1.68. The first kappa shape index (κ1) is 11.0. The molecule has 0 saturated heterocycles. The maximum atomic E-state index is 9.92. The van der Waals surface area contributed by atoms with Gasteiger partial charge >= 0.3 is 0 Å². The van der Waals surface area contributed by atoms with E-state index >= 15 is 0 Å². The second-order valence-electron chi connectivity index (χ2n) is 4.31. The van der Waals surface area contributed by atoms with Gasteiger partial charge in [0.25, 0.3) is 0 Å². The third-order valence-electron chi connectivity index (χ3n) is 2.41. The molecule has 1 unspecified atom stereocenters. The first-order valence-corrected chi connectivity index (χ1v) is 5.06. The van der Waals surface area contributed by atoms with Crippen molar-refractivity contribution in [2.75, 3.05) is 26.8 Å². The molecule has 0 bridgehead atoms. The van der Waals surface area contributed by atoms with Gasteiger partial charge in [-0.3, -0.25) is 0 Å². The zero-order valence-electron chi connectivity index (χ0n) is 8.68. The highest BCUT2D eigenvalue weighted by molar-refractivity contribution is 4.85. The van der Waals surface area contributed by atoms with Crippen molar-refractivity contribution in [1.29, 1.82) is 0 Å². The van der Waals surface area contributed by atoms with E-state index in [-0.39, 0.29) is 0 Å². The molecule has 3 nitrogen and oxygen atoms in total. The Hall–Kier alpha value is -0.120. The minimum Gasteiger partial charge on any atom is -0.389 e. The van der Waals surface area contributed by atoms with E-state index in [0.29, 0.717) is 13.2 Å². The quantitative estimate of drug-likeness (QED) is 0.579. The predicted molar refractivity (Wildman–Crippen MR) is 52.7 cm³/mol. The van der Waals surface area contributed by atoms with Gasteiger partial charge in [0.1, 0.15) is 0 Å². The van der Waals surface area contributed by atoms with Gasteiger partial charge in [0, 0.05) is 20.2 Å². The van der Waals surface area contributed by atoms with Gasteiger partial charge in [0.2, 0.25) is 0 Å². The molecular weight excluding hydrogens is 166 g/mol. The Labute approximate surface area is 80.5 Å². The average Bonchev–Trinajstić information content (AvgIpc) is 2.81. The van der Waals surface area contributed by atoms with E-state index in [1.165, 1.54) is 12.8 Å². The summed E-state index contributed by atoms with van der Waals surface area (Å²) in [5, 5.41) is 13.1. The van der Waals surface area contributed by atoms with Crippen LogP contribution in [0.2, 0.25) is 0 Å². The van der Waals surface area contributed by atoms with E-state index in [9.17, 15) is 5.11 Å². The highest BCUT2D eigenvalue weighted by Crippen LogP contribution is 2.36. The minimum atomic E-state index is -0.533. The molecule has 1 saturated carbocycles. The van der Waals surface area contributed by atoms with E-state index in [4.69, 9.17) is 4.74 Å². The molecule has 3 heteroatoms. The Morgan fingerprint density at radius 2 is 2.23 bits per heavy atom. The summed E-state index contributed by atoms with van der Waals surface area (Å²) in [5.74, 6) is 0.777. The Balaban J connectivity index is 2.02. The fourth-order valence-corrected chi connectivity index (χ4v) is 1.55. The van der Waals surface area contributed by atoms with Gasteiger partial charge in [-0.2, -0.15) is 0 Å². The molecule has 0 aromatic rings. The van der Waals surface area contributed by atoms with Gasteiger partial charge < -0.3 is 15.2 Å². The number of hydrogen-bond donors (Lipinski definition) is 2. The van der Waals surface area contributed by atoms with Crippen molar-refractivity contribution in [1.82, 2.24) is 5.32 Å². The molecule has 2 N–H and O–H groups in total. The van der Waals surface area contributed by atoms with Gasteiger partial charge in [-0.25, -0.2) is 0 Å². The summed E-state index contributed by atoms with van der Waals surface area (Å²) in [6.45, 7) is 4.11. The van der Waals surface area contributed by atoms with Gasteiger partial charge in [0.05, 0.1) is 12.2 Å².